The Labute approximate surface area is 148 Å². The zero-order valence-corrected chi connectivity index (χ0v) is 14.8. The molecule has 0 radical (unpaired) electrons. The van der Waals surface area contributed by atoms with Crippen molar-refractivity contribution in [2.75, 3.05) is 7.05 Å². The lowest BCUT2D eigenvalue weighted by atomic mass is 9.99. The maximum Gasteiger partial charge on any atom is 0.135 e. The summed E-state index contributed by atoms with van der Waals surface area (Å²) in [6.45, 7) is 7.97. The summed E-state index contributed by atoms with van der Waals surface area (Å²) in [7, 11) is 1.97. The molecule has 2 nitrogen and oxygen atoms in total. The third kappa shape index (κ3) is 3.66. The van der Waals surface area contributed by atoms with Gasteiger partial charge in [0.05, 0.1) is 0 Å². The van der Waals surface area contributed by atoms with E-state index in [0.29, 0.717) is 5.75 Å². The van der Waals surface area contributed by atoms with Gasteiger partial charge in [-0.25, -0.2) is 4.39 Å². The Balaban J connectivity index is 2.03. The van der Waals surface area contributed by atoms with Gasteiger partial charge in [0, 0.05) is 30.1 Å². The van der Waals surface area contributed by atoms with Crippen LogP contribution in [-0.2, 0) is 6.42 Å². The number of hydrogen-bond acceptors (Lipinski definition) is 2. The Morgan fingerprint density at radius 3 is 2.52 bits per heavy atom. The molecular formula is C22H22FNO. The minimum atomic E-state index is -0.260. The number of halogens is 1. The predicted octanol–water partition coefficient (Wildman–Crippen LogP) is 5.85. The minimum Gasteiger partial charge on any atom is -0.456 e. The summed E-state index contributed by atoms with van der Waals surface area (Å²) in [6.07, 6.45) is 7.02. The van der Waals surface area contributed by atoms with Gasteiger partial charge in [0.2, 0.25) is 0 Å². The van der Waals surface area contributed by atoms with Crippen molar-refractivity contribution in [2.45, 2.75) is 20.3 Å². The summed E-state index contributed by atoms with van der Waals surface area (Å²) in [6, 6.07) is 10.8. The van der Waals surface area contributed by atoms with E-state index in [4.69, 9.17) is 4.74 Å². The van der Waals surface area contributed by atoms with E-state index < -0.39 is 0 Å². The number of likely N-dealkylation sites (N-methyl/N-ethyl adjacent to an activating group) is 1. The molecule has 3 heteroatoms. The van der Waals surface area contributed by atoms with Crippen LogP contribution in [0.25, 0.3) is 5.57 Å². The fraction of sp³-hybridized carbons (Fsp3) is 0.182. The fourth-order valence-electron chi connectivity index (χ4n) is 2.75. The molecule has 2 aromatic rings. The molecule has 0 saturated carbocycles. The van der Waals surface area contributed by atoms with Crippen molar-refractivity contribution in [3.8, 4) is 11.5 Å². The van der Waals surface area contributed by atoms with Crippen LogP contribution in [0.5, 0.6) is 11.5 Å². The molecule has 1 aliphatic rings. The van der Waals surface area contributed by atoms with Gasteiger partial charge >= 0.3 is 0 Å². The highest BCUT2D eigenvalue weighted by Gasteiger charge is 2.14. The van der Waals surface area contributed by atoms with Crippen molar-refractivity contribution < 1.29 is 9.13 Å². The highest BCUT2D eigenvalue weighted by molar-refractivity contribution is 5.80. The molecule has 0 saturated heterocycles. The highest BCUT2D eigenvalue weighted by Crippen LogP contribution is 2.35. The van der Waals surface area contributed by atoms with E-state index in [2.05, 4.69) is 25.6 Å². The maximum atomic E-state index is 13.3. The molecule has 128 valence electrons. The smallest absolute Gasteiger partial charge is 0.135 e. The second kappa shape index (κ2) is 6.98. The topological polar surface area (TPSA) is 12.5 Å². The van der Waals surface area contributed by atoms with Crippen LogP contribution in [0.1, 0.15) is 23.6 Å². The van der Waals surface area contributed by atoms with Crippen LogP contribution in [0.2, 0.25) is 0 Å². The van der Waals surface area contributed by atoms with E-state index in [0.717, 1.165) is 34.6 Å². The largest absolute Gasteiger partial charge is 0.456 e. The third-order valence-electron chi connectivity index (χ3n) is 4.36. The van der Waals surface area contributed by atoms with Gasteiger partial charge in [0.25, 0.3) is 0 Å². The second-order valence-electron chi connectivity index (χ2n) is 6.22. The average Bonchev–Trinajstić information content (AvgIpc) is 2.60. The molecule has 0 aliphatic carbocycles. The van der Waals surface area contributed by atoms with Crippen LogP contribution in [0.3, 0.4) is 0 Å². The summed E-state index contributed by atoms with van der Waals surface area (Å²) in [4.78, 5) is 1.99. The number of ether oxygens (including phenoxy) is 1. The number of rotatable bonds is 4. The first-order valence-electron chi connectivity index (χ1n) is 8.37. The normalized spacial score (nSPS) is 13.8. The Morgan fingerprint density at radius 2 is 1.84 bits per heavy atom. The van der Waals surface area contributed by atoms with Gasteiger partial charge in [-0.2, -0.15) is 0 Å². The van der Waals surface area contributed by atoms with Crippen LogP contribution >= 0.6 is 0 Å². The van der Waals surface area contributed by atoms with Gasteiger partial charge in [-0.15, -0.1) is 0 Å². The second-order valence-corrected chi connectivity index (χ2v) is 6.22. The minimum absolute atomic E-state index is 0.260. The highest BCUT2D eigenvalue weighted by atomic mass is 19.1. The van der Waals surface area contributed by atoms with Crippen molar-refractivity contribution >= 4 is 5.57 Å². The molecular weight excluding hydrogens is 313 g/mol. The molecule has 0 aromatic heterocycles. The fourth-order valence-corrected chi connectivity index (χ4v) is 2.75. The molecule has 3 rings (SSSR count). The molecule has 2 aromatic carbocycles. The van der Waals surface area contributed by atoms with E-state index >= 15 is 0 Å². The van der Waals surface area contributed by atoms with Crippen molar-refractivity contribution in [3.05, 3.63) is 89.5 Å². The molecule has 0 fully saturated rings. The number of aryl methyl sites for hydroxylation is 2. The maximum absolute atomic E-state index is 13.3. The van der Waals surface area contributed by atoms with E-state index in [1.165, 1.54) is 17.7 Å². The van der Waals surface area contributed by atoms with Crippen molar-refractivity contribution in [2.24, 2.45) is 0 Å². The molecule has 0 unspecified atom stereocenters. The number of hydrogen-bond donors (Lipinski definition) is 0. The molecule has 0 atom stereocenters. The van der Waals surface area contributed by atoms with Gasteiger partial charge < -0.3 is 9.64 Å². The van der Waals surface area contributed by atoms with Crippen LogP contribution in [0, 0.1) is 12.7 Å². The quantitative estimate of drug-likeness (QED) is 0.695. The SMILES string of the molecule is C=C1C=CC(c2cc(CC)ccc2Oc2ccc(F)cc2C)=CN1C. The van der Waals surface area contributed by atoms with Crippen molar-refractivity contribution in [1.82, 2.24) is 4.90 Å². The van der Waals surface area contributed by atoms with Gasteiger partial charge in [-0.1, -0.05) is 25.6 Å². The predicted molar refractivity (Wildman–Crippen MR) is 101 cm³/mol. The zero-order chi connectivity index (χ0) is 18.0. The lowest BCUT2D eigenvalue weighted by molar-refractivity contribution is 0.474. The first-order valence-corrected chi connectivity index (χ1v) is 8.37. The van der Waals surface area contributed by atoms with E-state index in [1.807, 2.05) is 43.3 Å². The van der Waals surface area contributed by atoms with Gasteiger partial charge in [-0.3, -0.25) is 0 Å². The van der Waals surface area contributed by atoms with E-state index in [1.54, 1.807) is 6.07 Å². The standard InChI is InChI=1S/C22H22FNO/c1-5-17-7-10-22(25-21-11-9-19(23)12-15(21)2)20(13-17)18-8-6-16(3)24(4)14-18/h6-14H,3,5H2,1-2,4H3. The van der Waals surface area contributed by atoms with Crippen molar-refractivity contribution in [1.29, 1.82) is 0 Å². The summed E-state index contributed by atoms with van der Waals surface area (Å²) in [5.41, 5.74) is 5.01. The Morgan fingerprint density at radius 1 is 1.08 bits per heavy atom. The first kappa shape index (κ1) is 17.0. The number of benzene rings is 2. The Kier molecular flexibility index (Phi) is 4.75. The Bertz CT molecular complexity index is 880. The lowest BCUT2D eigenvalue weighted by Gasteiger charge is -2.22. The first-order chi connectivity index (χ1) is 12.0. The molecule has 25 heavy (non-hydrogen) atoms. The Hall–Kier alpha value is -2.81. The van der Waals surface area contributed by atoms with Crippen LogP contribution < -0.4 is 4.74 Å². The van der Waals surface area contributed by atoms with Crippen LogP contribution in [0.15, 0.2) is 67.0 Å². The van der Waals surface area contributed by atoms with E-state index in [9.17, 15) is 4.39 Å². The summed E-state index contributed by atoms with van der Waals surface area (Å²) < 4.78 is 19.5. The molecule has 0 N–H and O–H groups in total. The summed E-state index contributed by atoms with van der Waals surface area (Å²) in [5, 5.41) is 0. The molecule has 0 spiro atoms. The van der Waals surface area contributed by atoms with Gasteiger partial charge in [-0.05, 0) is 60.9 Å². The van der Waals surface area contributed by atoms with Crippen LogP contribution in [0.4, 0.5) is 4.39 Å². The third-order valence-corrected chi connectivity index (χ3v) is 4.36. The monoisotopic (exact) mass is 335 g/mol. The molecule has 0 amide bonds. The number of nitrogens with zero attached hydrogens (tertiary/aromatic N) is 1. The summed E-state index contributed by atoms with van der Waals surface area (Å²) >= 11 is 0. The molecule has 1 heterocycles. The van der Waals surface area contributed by atoms with Gasteiger partial charge in [0.1, 0.15) is 17.3 Å². The van der Waals surface area contributed by atoms with Gasteiger partial charge in [0.15, 0.2) is 0 Å². The lowest BCUT2D eigenvalue weighted by Crippen LogP contribution is -2.11. The van der Waals surface area contributed by atoms with E-state index in [-0.39, 0.29) is 5.82 Å². The molecule has 0 bridgehead atoms. The number of allylic oxidation sites excluding steroid dienone is 3. The average molecular weight is 335 g/mol. The molecule has 1 aliphatic heterocycles. The zero-order valence-electron chi connectivity index (χ0n) is 14.8. The summed E-state index contributed by atoms with van der Waals surface area (Å²) in [5.74, 6) is 1.15. The van der Waals surface area contributed by atoms with Crippen LogP contribution in [-0.4, -0.2) is 11.9 Å². The van der Waals surface area contributed by atoms with Crippen molar-refractivity contribution in [3.63, 3.8) is 0 Å².